The normalized spacial score (nSPS) is 12.8. The van der Waals surface area contributed by atoms with Gasteiger partial charge in [0.25, 0.3) is 0 Å². The lowest BCUT2D eigenvalue weighted by atomic mass is 9.95. The van der Waals surface area contributed by atoms with Gasteiger partial charge in [0.15, 0.2) is 0 Å². The van der Waals surface area contributed by atoms with E-state index in [4.69, 9.17) is 16.6 Å². The van der Waals surface area contributed by atoms with Gasteiger partial charge in [-0.25, -0.2) is 0 Å². The molecule has 76 valence electrons. The molecule has 0 aliphatic carbocycles. The van der Waals surface area contributed by atoms with Crippen molar-refractivity contribution in [3.8, 4) is 0 Å². The first-order valence-electron chi connectivity index (χ1n) is 4.40. The van der Waals surface area contributed by atoms with E-state index in [9.17, 15) is 4.79 Å². The SMILES string of the molecule is NC(N)CC(C(=O)O)c1ccccc1. The Bertz CT molecular complexity index is 298. The van der Waals surface area contributed by atoms with Crippen LogP contribution in [0.2, 0.25) is 0 Å². The number of carboxylic acid groups (broad SMARTS) is 1. The third-order valence-corrected chi connectivity index (χ3v) is 2.01. The average Bonchev–Trinajstić information content (AvgIpc) is 2.15. The first kappa shape index (κ1) is 10.7. The molecule has 1 unspecified atom stereocenters. The van der Waals surface area contributed by atoms with Gasteiger partial charge in [0, 0.05) is 0 Å². The zero-order valence-corrected chi connectivity index (χ0v) is 7.76. The molecule has 4 heteroatoms. The van der Waals surface area contributed by atoms with E-state index in [0.717, 1.165) is 5.56 Å². The van der Waals surface area contributed by atoms with Crippen LogP contribution in [0.25, 0.3) is 0 Å². The Labute approximate surface area is 82.5 Å². The summed E-state index contributed by atoms with van der Waals surface area (Å²) in [6.45, 7) is 0. The summed E-state index contributed by atoms with van der Waals surface area (Å²) in [5.74, 6) is -1.51. The standard InChI is InChI=1S/C10H14N2O2/c11-9(12)6-8(10(13)14)7-4-2-1-3-5-7/h1-5,8-9H,6,11-12H2,(H,13,14). The monoisotopic (exact) mass is 194 g/mol. The molecule has 14 heavy (non-hydrogen) atoms. The highest BCUT2D eigenvalue weighted by Crippen LogP contribution is 2.19. The quantitative estimate of drug-likeness (QED) is 0.608. The Kier molecular flexibility index (Phi) is 3.62. The van der Waals surface area contributed by atoms with Crippen LogP contribution in [0.5, 0.6) is 0 Å². The number of aliphatic carboxylic acids is 1. The van der Waals surface area contributed by atoms with Gasteiger partial charge < -0.3 is 16.6 Å². The molecule has 5 N–H and O–H groups in total. The summed E-state index contributed by atoms with van der Waals surface area (Å²) in [5, 5.41) is 8.96. The molecule has 0 spiro atoms. The molecular weight excluding hydrogens is 180 g/mol. The van der Waals surface area contributed by atoms with Crippen LogP contribution in [0, 0.1) is 0 Å². The van der Waals surface area contributed by atoms with Crippen molar-refractivity contribution in [3.05, 3.63) is 35.9 Å². The van der Waals surface area contributed by atoms with E-state index in [2.05, 4.69) is 0 Å². The van der Waals surface area contributed by atoms with Crippen molar-refractivity contribution < 1.29 is 9.90 Å². The number of hydrogen-bond acceptors (Lipinski definition) is 3. The first-order valence-corrected chi connectivity index (χ1v) is 4.40. The van der Waals surface area contributed by atoms with Gasteiger partial charge in [-0.3, -0.25) is 4.79 Å². The van der Waals surface area contributed by atoms with Gasteiger partial charge in [-0.2, -0.15) is 0 Å². The highest BCUT2D eigenvalue weighted by Gasteiger charge is 2.20. The minimum atomic E-state index is -0.892. The molecule has 1 aromatic rings. The summed E-state index contributed by atoms with van der Waals surface area (Å²) in [5.41, 5.74) is 11.5. The Balaban J connectivity index is 2.84. The van der Waals surface area contributed by atoms with Gasteiger partial charge in [0.05, 0.1) is 12.1 Å². The molecule has 0 bridgehead atoms. The second kappa shape index (κ2) is 4.74. The van der Waals surface area contributed by atoms with E-state index < -0.39 is 18.1 Å². The van der Waals surface area contributed by atoms with Crippen LogP contribution >= 0.6 is 0 Å². The van der Waals surface area contributed by atoms with Gasteiger partial charge >= 0.3 is 5.97 Å². The zero-order chi connectivity index (χ0) is 10.6. The summed E-state index contributed by atoms with van der Waals surface area (Å²) in [6.07, 6.45) is -0.351. The van der Waals surface area contributed by atoms with Crippen LogP contribution in [0.15, 0.2) is 30.3 Å². The van der Waals surface area contributed by atoms with E-state index in [1.807, 2.05) is 6.07 Å². The summed E-state index contributed by atoms with van der Waals surface area (Å²) in [6, 6.07) is 8.97. The van der Waals surface area contributed by atoms with E-state index >= 15 is 0 Å². The smallest absolute Gasteiger partial charge is 0.311 e. The maximum Gasteiger partial charge on any atom is 0.311 e. The molecule has 1 atom stereocenters. The molecule has 4 nitrogen and oxygen atoms in total. The maximum atomic E-state index is 10.9. The van der Waals surface area contributed by atoms with Crippen LogP contribution in [0.4, 0.5) is 0 Å². The molecule has 0 radical (unpaired) electrons. The van der Waals surface area contributed by atoms with Gasteiger partial charge in [-0.15, -0.1) is 0 Å². The van der Waals surface area contributed by atoms with E-state index in [0.29, 0.717) is 0 Å². The lowest BCUT2D eigenvalue weighted by Crippen LogP contribution is -2.34. The zero-order valence-electron chi connectivity index (χ0n) is 7.76. The molecule has 0 saturated carbocycles. The van der Waals surface area contributed by atoms with E-state index in [1.54, 1.807) is 24.3 Å². The predicted molar refractivity (Wildman–Crippen MR) is 53.6 cm³/mol. The lowest BCUT2D eigenvalue weighted by molar-refractivity contribution is -0.139. The highest BCUT2D eigenvalue weighted by molar-refractivity contribution is 5.76. The molecule has 0 heterocycles. The van der Waals surface area contributed by atoms with Crippen molar-refractivity contribution in [1.29, 1.82) is 0 Å². The van der Waals surface area contributed by atoms with Crippen molar-refractivity contribution in [3.63, 3.8) is 0 Å². The maximum absolute atomic E-state index is 10.9. The minimum Gasteiger partial charge on any atom is -0.481 e. The van der Waals surface area contributed by atoms with Crippen molar-refractivity contribution in [2.24, 2.45) is 11.5 Å². The number of carbonyl (C=O) groups is 1. The van der Waals surface area contributed by atoms with Gasteiger partial charge in [0.1, 0.15) is 0 Å². The molecule has 1 aromatic carbocycles. The number of nitrogens with two attached hydrogens (primary N) is 2. The van der Waals surface area contributed by atoms with Gasteiger partial charge in [-0.1, -0.05) is 30.3 Å². The highest BCUT2D eigenvalue weighted by atomic mass is 16.4. The third-order valence-electron chi connectivity index (χ3n) is 2.01. The summed E-state index contributed by atoms with van der Waals surface area (Å²) < 4.78 is 0. The number of rotatable bonds is 4. The van der Waals surface area contributed by atoms with Crippen molar-refractivity contribution in [2.45, 2.75) is 18.5 Å². The first-order chi connectivity index (χ1) is 6.61. The average molecular weight is 194 g/mol. The van der Waals surface area contributed by atoms with E-state index in [1.165, 1.54) is 0 Å². The van der Waals surface area contributed by atoms with Crippen LogP contribution in [-0.2, 0) is 4.79 Å². The number of hydrogen-bond donors (Lipinski definition) is 3. The Morgan fingerprint density at radius 3 is 2.29 bits per heavy atom. The van der Waals surface area contributed by atoms with Gasteiger partial charge in [0.2, 0.25) is 0 Å². The second-order valence-electron chi connectivity index (χ2n) is 3.20. The molecule has 0 amide bonds. The van der Waals surface area contributed by atoms with Crippen LogP contribution < -0.4 is 11.5 Å². The Hall–Kier alpha value is -1.39. The molecular formula is C10H14N2O2. The number of benzene rings is 1. The Morgan fingerprint density at radius 2 is 1.86 bits per heavy atom. The summed E-state index contributed by atoms with van der Waals surface area (Å²) >= 11 is 0. The van der Waals surface area contributed by atoms with Crippen molar-refractivity contribution in [1.82, 2.24) is 0 Å². The van der Waals surface area contributed by atoms with E-state index in [-0.39, 0.29) is 6.42 Å². The van der Waals surface area contributed by atoms with Crippen molar-refractivity contribution >= 4 is 5.97 Å². The largest absolute Gasteiger partial charge is 0.481 e. The fourth-order valence-corrected chi connectivity index (χ4v) is 1.34. The molecule has 0 fully saturated rings. The van der Waals surface area contributed by atoms with Crippen LogP contribution in [-0.4, -0.2) is 17.2 Å². The molecule has 0 aliphatic heterocycles. The molecule has 0 aromatic heterocycles. The fourth-order valence-electron chi connectivity index (χ4n) is 1.34. The van der Waals surface area contributed by atoms with Gasteiger partial charge in [-0.05, 0) is 12.0 Å². The fraction of sp³-hybridized carbons (Fsp3) is 0.300. The minimum absolute atomic E-state index is 0.249. The predicted octanol–water partition coefficient (Wildman–Crippen LogP) is 0.488. The molecule has 0 saturated heterocycles. The van der Waals surface area contributed by atoms with Crippen LogP contribution in [0.1, 0.15) is 17.9 Å². The van der Waals surface area contributed by atoms with Crippen molar-refractivity contribution in [2.75, 3.05) is 0 Å². The molecule has 1 rings (SSSR count). The number of carboxylic acids is 1. The topological polar surface area (TPSA) is 89.3 Å². The second-order valence-corrected chi connectivity index (χ2v) is 3.20. The molecule has 0 aliphatic rings. The summed E-state index contributed by atoms with van der Waals surface area (Å²) in [4.78, 5) is 10.9. The summed E-state index contributed by atoms with van der Waals surface area (Å²) in [7, 11) is 0. The lowest BCUT2D eigenvalue weighted by Gasteiger charge is -2.14. The third kappa shape index (κ3) is 2.83. The van der Waals surface area contributed by atoms with Crippen LogP contribution in [0.3, 0.4) is 0 Å². The Morgan fingerprint density at radius 1 is 1.29 bits per heavy atom.